The Morgan fingerprint density at radius 1 is 1.13 bits per heavy atom. The SMILES string of the molecule is C=C(/C(OC)=C(\NC)c1nc2ccc(C#N)cc2[nH]1)c1ccc(-c2cccnc2)cc1. The van der Waals surface area contributed by atoms with Crippen LogP contribution in [-0.4, -0.2) is 29.1 Å². The van der Waals surface area contributed by atoms with Crippen LogP contribution in [0.2, 0.25) is 0 Å². The first-order valence-electron chi connectivity index (χ1n) is 9.71. The highest BCUT2D eigenvalue weighted by Gasteiger charge is 2.17. The van der Waals surface area contributed by atoms with E-state index in [0.717, 1.165) is 33.3 Å². The van der Waals surface area contributed by atoms with Crippen molar-refractivity contribution in [3.8, 4) is 17.2 Å². The standard InChI is InChI=1S/C25H21N5O/c1-16(18-7-9-19(10-8-18)20-5-4-12-28-15-20)24(31-3)23(27-2)25-29-21-11-6-17(14-26)13-22(21)30-25/h4-13,15,27H,1H2,2-3H3,(H,29,30)/b24-23+. The molecular weight excluding hydrogens is 386 g/mol. The van der Waals surface area contributed by atoms with E-state index in [4.69, 9.17) is 10.00 Å². The summed E-state index contributed by atoms with van der Waals surface area (Å²) in [6.07, 6.45) is 3.59. The van der Waals surface area contributed by atoms with E-state index >= 15 is 0 Å². The van der Waals surface area contributed by atoms with Gasteiger partial charge in [-0.15, -0.1) is 0 Å². The monoisotopic (exact) mass is 407 g/mol. The second kappa shape index (κ2) is 8.56. The predicted octanol–water partition coefficient (Wildman–Crippen LogP) is 4.74. The third-order valence-electron chi connectivity index (χ3n) is 5.03. The van der Waals surface area contributed by atoms with Gasteiger partial charge in [0.15, 0.2) is 11.6 Å². The molecule has 0 aliphatic rings. The van der Waals surface area contributed by atoms with Crippen molar-refractivity contribution >= 4 is 22.3 Å². The number of hydrogen-bond donors (Lipinski definition) is 2. The number of ether oxygens (including phenoxy) is 1. The van der Waals surface area contributed by atoms with Crippen molar-refractivity contribution in [3.05, 3.63) is 96.3 Å². The summed E-state index contributed by atoms with van der Waals surface area (Å²) in [7, 11) is 3.42. The molecule has 0 saturated heterocycles. The third-order valence-corrected chi connectivity index (χ3v) is 5.03. The lowest BCUT2D eigenvalue weighted by atomic mass is 10.00. The molecule has 4 aromatic rings. The molecule has 2 N–H and O–H groups in total. The maximum atomic E-state index is 9.14. The Bertz CT molecular complexity index is 1310. The first kappa shape index (κ1) is 19.9. The topological polar surface area (TPSA) is 86.6 Å². The molecule has 4 rings (SSSR count). The molecule has 0 aliphatic heterocycles. The number of aromatic nitrogens is 3. The molecule has 0 saturated carbocycles. The highest BCUT2D eigenvalue weighted by Crippen LogP contribution is 2.29. The lowest BCUT2D eigenvalue weighted by molar-refractivity contribution is 0.311. The molecular formula is C25H21N5O. The smallest absolute Gasteiger partial charge is 0.158 e. The maximum Gasteiger partial charge on any atom is 0.158 e. The number of methoxy groups -OCH3 is 1. The van der Waals surface area contributed by atoms with Gasteiger partial charge in [0.1, 0.15) is 5.70 Å². The second-order valence-corrected chi connectivity index (χ2v) is 6.88. The van der Waals surface area contributed by atoms with Gasteiger partial charge in [-0.25, -0.2) is 4.98 Å². The Labute approximate surface area is 180 Å². The van der Waals surface area contributed by atoms with Crippen LogP contribution in [0.1, 0.15) is 17.0 Å². The number of benzene rings is 2. The van der Waals surface area contributed by atoms with Crippen molar-refractivity contribution in [2.45, 2.75) is 0 Å². The van der Waals surface area contributed by atoms with E-state index in [2.05, 4.69) is 32.9 Å². The summed E-state index contributed by atoms with van der Waals surface area (Å²) < 4.78 is 5.72. The molecule has 6 heteroatoms. The molecule has 0 atom stereocenters. The van der Waals surface area contributed by atoms with Crippen LogP contribution >= 0.6 is 0 Å². The van der Waals surface area contributed by atoms with Gasteiger partial charge in [0.25, 0.3) is 0 Å². The highest BCUT2D eigenvalue weighted by atomic mass is 16.5. The molecule has 152 valence electrons. The second-order valence-electron chi connectivity index (χ2n) is 6.88. The van der Waals surface area contributed by atoms with Gasteiger partial charge in [-0.1, -0.05) is 36.9 Å². The Morgan fingerprint density at radius 3 is 2.58 bits per heavy atom. The Morgan fingerprint density at radius 2 is 1.94 bits per heavy atom. The maximum absolute atomic E-state index is 9.14. The molecule has 0 fully saturated rings. The number of H-pyrrole nitrogens is 1. The van der Waals surface area contributed by atoms with Crippen molar-refractivity contribution in [2.75, 3.05) is 14.2 Å². The number of fused-ring (bicyclic) bond motifs is 1. The fourth-order valence-corrected chi connectivity index (χ4v) is 3.44. The molecule has 0 spiro atoms. The van der Waals surface area contributed by atoms with E-state index in [-0.39, 0.29) is 0 Å². The zero-order valence-corrected chi connectivity index (χ0v) is 17.3. The van der Waals surface area contributed by atoms with Crippen LogP contribution in [-0.2, 0) is 4.74 Å². The minimum atomic E-state index is 0.572. The molecule has 2 aromatic heterocycles. The van der Waals surface area contributed by atoms with Crippen LogP contribution in [0.25, 0.3) is 33.4 Å². The molecule has 0 aliphatic carbocycles. The summed E-state index contributed by atoms with van der Waals surface area (Å²) in [5.74, 6) is 1.19. The van der Waals surface area contributed by atoms with Crippen molar-refractivity contribution < 1.29 is 4.74 Å². The molecule has 6 nitrogen and oxygen atoms in total. The van der Waals surface area contributed by atoms with Gasteiger partial charge >= 0.3 is 0 Å². The number of aromatic amines is 1. The molecule has 2 aromatic carbocycles. The molecule has 0 bridgehead atoms. The number of nitriles is 1. The van der Waals surface area contributed by atoms with Gasteiger partial charge in [0, 0.05) is 25.0 Å². The molecule has 0 radical (unpaired) electrons. The van der Waals surface area contributed by atoms with E-state index in [1.807, 2.05) is 48.7 Å². The number of rotatable bonds is 6. The van der Waals surface area contributed by atoms with Crippen molar-refractivity contribution in [3.63, 3.8) is 0 Å². The van der Waals surface area contributed by atoms with Crippen molar-refractivity contribution in [1.29, 1.82) is 5.26 Å². The minimum absolute atomic E-state index is 0.572. The summed E-state index contributed by atoms with van der Waals surface area (Å²) in [4.78, 5) is 12.1. The van der Waals surface area contributed by atoms with Crippen LogP contribution in [0.3, 0.4) is 0 Å². The van der Waals surface area contributed by atoms with E-state index < -0.39 is 0 Å². The summed E-state index contributed by atoms with van der Waals surface area (Å²) in [6.45, 7) is 4.25. The van der Waals surface area contributed by atoms with Crippen LogP contribution in [0.4, 0.5) is 0 Å². The van der Waals surface area contributed by atoms with Gasteiger partial charge in [-0.3, -0.25) is 4.98 Å². The van der Waals surface area contributed by atoms with Crippen LogP contribution < -0.4 is 5.32 Å². The van der Waals surface area contributed by atoms with Gasteiger partial charge in [-0.05, 0) is 41.0 Å². The Balaban J connectivity index is 1.71. The molecule has 0 unspecified atom stereocenters. The lowest BCUT2D eigenvalue weighted by Crippen LogP contribution is -2.11. The van der Waals surface area contributed by atoms with Crippen molar-refractivity contribution in [1.82, 2.24) is 20.3 Å². The van der Waals surface area contributed by atoms with Crippen LogP contribution in [0, 0.1) is 11.3 Å². The Kier molecular flexibility index (Phi) is 5.50. The van der Waals surface area contributed by atoms with Gasteiger partial charge in [0.05, 0.1) is 29.8 Å². The first-order chi connectivity index (χ1) is 15.1. The lowest BCUT2D eigenvalue weighted by Gasteiger charge is -2.15. The molecule has 0 amide bonds. The fraction of sp³-hybridized carbons (Fsp3) is 0.0800. The fourth-order valence-electron chi connectivity index (χ4n) is 3.44. The number of allylic oxidation sites excluding steroid dienone is 1. The normalized spacial score (nSPS) is 11.5. The van der Waals surface area contributed by atoms with Gasteiger partial charge in [-0.2, -0.15) is 5.26 Å². The van der Waals surface area contributed by atoms with Gasteiger partial charge in [0.2, 0.25) is 0 Å². The van der Waals surface area contributed by atoms with Gasteiger partial charge < -0.3 is 15.0 Å². The molecule has 2 heterocycles. The number of imidazole rings is 1. The third kappa shape index (κ3) is 3.89. The average molecular weight is 407 g/mol. The van der Waals surface area contributed by atoms with E-state index in [0.29, 0.717) is 22.8 Å². The van der Waals surface area contributed by atoms with E-state index in [9.17, 15) is 0 Å². The number of nitrogens with zero attached hydrogens (tertiary/aromatic N) is 3. The zero-order valence-electron chi connectivity index (χ0n) is 17.3. The largest absolute Gasteiger partial charge is 0.494 e. The predicted molar refractivity (Wildman–Crippen MR) is 123 cm³/mol. The number of nitrogens with one attached hydrogen (secondary N) is 2. The van der Waals surface area contributed by atoms with Crippen molar-refractivity contribution in [2.24, 2.45) is 0 Å². The first-order valence-corrected chi connectivity index (χ1v) is 9.71. The summed E-state index contributed by atoms with van der Waals surface area (Å²) in [5.41, 5.74) is 6.58. The van der Waals surface area contributed by atoms with E-state index in [1.54, 1.807) is 32.5 Å². The minimum Gasteiger partial charge on any atom is -0.494 e. The van der Waals surface area contributed by atoms with Crippen LogP contribution in [0.5, 0.6) is 0 Å². The summed E-state index contributed by atoms with van der Waals surface area (Å²) in [5, 5.41) is 12.3. The summed E-state index contributed by atoms with van der Waals surface area (Å²) in [6, 6.07) is 19.5. The number of pyridine rings is 1. The highest BCUT2D eigenvalue weighted by molar-refractivity contribution is 5.87. The molecule has 31 heavy (non-hydrogen) atoms. The van der Waals surface area contributed by atoms with Crippen LogP contribution in [0.15, 0.2) is 79.3 Å². The number of hydrogen-bond acceptors (Lipinski definition) is 5. The quantitative estimate of drug-likeness (QED) is 0.356. The zero-order chi connectivity index (χ0) is 21.8. The average Bonchev–Trinajstić information content (AvgIpc) is 3.25. The Hall–Kier alpha value is -4.37. The summed E-state index contributed by atoms with van der Waals surface area (Å²) >= 11 is 0. The van der Waals surface area contributed by atoms with E-state index in [1.165, 1.54) is 0 Å².